The van der Waals surface area contributed by atoms with Crippen molar-refractivity contribution in [3.8, 4) is 0 Å². The number of halogens is 1. The second-order valence-corrected chi connectivity index (χ2v) is 6.50. The minimum absolute atomic E-state index is 0.0308. The van der Waals surface area contributed by atoms with Gasteiger partial charge in [0.1, 0.15) is 6.54 Å². The summed E-state index contributed by atoms with van der Waals surface area (Å²) in [7, 11) is 0. The number of carbonyl (C=O) groups is 2. The molecule has 3 heterocycles. The molecule has 3 aromatic rings. The third-order valence-electron chi connectivity index (χ3n) is 4.29. The van der Waals surface area contributed by atoms with Gasteiger partial charge in [0.25, 0.3) is 11.7 Å². The molecule has 4 rings (SSSR count). The molecule has 0 bridgehead atoms. The van der Waals surface area contributed by atoms with Gasteiger partial charge in [0.2, 0.25) is 11.7 Å². The Morgan fingerprint density at radius 3 is 2.77 bits per heavy atom. The number of aromatic nitrogens is 4. The number of rotatable bonds is 2. The first-order valence-corrected chi connectivity index (χ1v) is 8.45. The van der Waals surface area contributed by atoms with Crippen LogP contribution in [-0.2, 0) is 4.79 Å². The summed E-state index contributed by atoms with van der Waals surface area (Å²) in [5, 5.41) is 4.75. The maximum Gasteiger partial charge on any atom is 0.294 e. The van der Waals surface area contributed by atoms with Gasteiger partial charge in [-0.2, -0.15) is 4.98 Å². The molecule has 1 aliphatic heterocycles. The number of fused-ring (bicyclic) bond motifs is 1. The molecule has 9 heteroatoms. The van der Waals surface area contributed by atoms with Crippen molar-refractivity contribution in [2.24, 2.45) is 0 Å². The zero-order chi connectivity index (χ0) is 18.3. The van der Waals surface area contributed by atoms with Gasteiger partial charge in [-0.1, -0.05) is 11.6 Å². The predicted molar refractivity (Wildman–Crippen MR) is 95.1 cm³/mol. The smallest absolute Gasteiger partial charge is 0.294 e. The van der Waals surface area contributed by atoms with Crippen LogP contribution in [0.1, 0.15) is 17.5 Å². The van der Waals surface area contributed by atoms with Gasteiger partial charge in [0.15, 0.2) is 0 Å². The highest BCUT2D eigenvalue weighted by atomic mass is 35.5. The summed E-state index contributed by atoms with van der Waals surface area (Å²) in [6, 6.07) is 8.57. The van der Waals surface area contributed by atoms with E-state index < -0.39 is 0 Å². The predicted octanol–water partition coefficient (Wildman–Crippen LogP) is 1.66. The van der Waals surface area contributed by atoms with E-state index in [-0.39, 0.29) is 30.2 Å². The van der Waals surface area contributed by atoms with Crippen LogP contribution in [0.2, 0.25) is 5.02 Å². The molecule has 2 amide bonds. The van der Waals surface area contributed by atoms with Crippen LogP contribution < -0.4 is 4.90 Å². The maximum atomic E-state index is 12.8. The van der Waals surface area contributed by atoms with Gasteiger partial charge < -0.3 is 9.80 Å². The van der Waals surface area contributed by atoms with Crippen molar-refractivity contribution in [3.05, 3.63) is 53.6 Å². The minimum Gasteiger partial charge on any atom is -0.322 e. The Labute approximate surface area is 154 Å². The molecule has 1 fully saturated rings. The number of hydrogen-bond acceptors (Lipinski definition) is 5. The van der Waals surface area contributed by atoms with E-state index in [9.17, 15) is 9.59 Å². The van der Waals surface area contributed by atoms with E-state index in [4.69, 9.17) is 11.6 Å². The Bertz CT molecular complexity index is 953. The van der Waals surface area contributed by atoms with E-state index in [0.717, 1.165) is 5.69 Å². The van der Waals surface area contributed by atoms with Gasteiger partial charge in [0, 0.05) is 35.7 Å². The van der Waals surface area contributed by atoms with Gasteiger partial charge in [-0.3, -0.25) is 9.59 Å². The molecular weight excluding hydrogens is 356 g/mol. The zero-order valence-electron chi connectivity index (χ0n) is 13.9. The summed E-state index contributed by atoms with van der Waals surface area (Å²) in [4.78, 5) is 36.7. The number of hydrogen-bond donors (Lipinski definition) is 0. The summed E-state index contributed by atoms with van der Waals surface area (Å²) in [6.45, 7) is 2.24. The Morgan fingerprint density at radius 2 is 2.04 bits per heavy atom. The monoisotopic (exact) mass is 370 g/mol. The molecule has 0 N–H and O–H groups in total. The zero-order valence-corrected chi connectivity index (χ0v) is 14.7. The van der Waals surface area contributed by atoms with Crippen LogP contribution in [0, 0.1) is 0 Å². The largest absolute Gasteiger partial charge is 0.322 e. The fourth-order valence-corrected chi connectivity index (χ4v) is 3.07. The standard InChI is InChI=1S/C17H15ClN6O2/c1-11-9-23(13-5-3-12(18)4-6-13)14(25)10-22(11)16(26)15-20-17-19-7-2-8-24(17)21-15/h2-8,11H,9-10H2,1H3. The van der Waals surface area contributed by atoms with Crippen molar-refractivity contribution in [2.75, 3.05) is 18.0 Å². The van der Waals surface area contributed by atoms with Crippen molar-refractivity contribution < 1.29 is 9.59 Å². The highest BCUT2D eigenvalue weighted by Crippen LogP contribution is 2.23. The first kappa shape index (κ1) is 16.5. The number of amides is 2. The Morgan fingerprint density at radius 1 is 1.27 bits per heavy atom. The third-order valence-corrected chi connectivity index (χ3v) is 4.54. The third kappa shape index (κ3) is 2.88. The Kier molecular flexibility index (Phi) is 4.04. The molecule has 0 radical (unpaired) electrons. The summed E-state index contributed by atoms with van der Waals surface area (Å²) in [6.07, 6.45) is 3.24. The van der Waals surface area contributed by atoms with E-state index in [1.807, 2.05) is 6.92 Å². The van der Waals surface area contributed by atoms with Crippen molar-refractivity contribution in [2.45, 2.75) is 13.0 Å². The molecule has 0 aliphatic carbocycles. The van der Waals surface area contributed by atoms with Crippen LogP contribution in [0.5, 0.6) is 0 Å². The first-order chi connectivity index (χ1) is 12.5. The lowest BCUT2D eigenvalue weighted by molar-refractivity contribution is -0.121. The van der Waals surface area contributed by atoms with Crippen LogP contribution in [0.3, 0.4) is 0 Å². The normalized spacial score (nSPS) is 17.8. The highest BCUT2D eigenvalue weighted by molar-refractivity contribution is 6.30. The van der Waals surface area contributed by atoms with Gasteiger partial charge in [-0.05, 0) is 37.3 Å². The number of carbonyl (C=O) groups excluding carboxylic acids is 2. The lowest BCUT2D eigenvalue weighted by Crippen LogP contribution is -2.57. The van der Waals surface area contributed by atoms with Crippen molar-refractivity contribution in [1.29, 1.82) is 0 Å². The molecule has 0 saturated carbocycles. The molecule has 1 aromatic carbocycles. The Hall–Kier alpha value is -3.00. The van der Waals surface area contributed by atoms with Crippen molar-refractivity contribution >= 4 is 34.9 Å². The maximum absolute atomic E-state index is 12.8. The second kappa shape index (κ2) is 6.38. The molecule has 26 heavy (non-hydrogen) atoms. The highest BCUT2D eigenvalue weighted by Gasteiger charge is 2.35. The fourth-order valence-electron chi connectivity index (χ4n) is 2.95. The van der Waals surface area contributed by atoms with Crippen LogP contribution in [0.15, 0.2) is 42.7 Å². The summed E-state index contributed by atoms with van der Waals surface area (Å²) >= 11 is 5.90. The van der Waals surface area contributed by atoms with Crippen LogP contribution in [0.4, 0.5) is 5.69 Å². The van der Waals surface area contributed by atoms with E-state index in [1.165, 1.54) is 9.42 Å². The molecule has 1 atom stereocenters. The average molecular weight is 371 g/mol. The van der Waals surface area contributed by atoms with E-state index in [0.29, 0.717) is 17.3 Å². The first-order valence-electron chi connectivity index (χ1n) is 8.07. The fraction of sp³-hybridized carbons (Fsp3) is 0.235. The van der Waals surface area contributed by atoms with Gasteiger partial charge >= 0.3 is 0 Å². The second-order valence-electron chi connectivity index (χ2n) is 6.06. The molecule has 1 unspecified atom stereocenters. The topological polar surface area (TPSA) is 83.7 Å². The van der Waals surface area contributed by atoms with Crippen LogP contribution in [-0.4, -0.2) is 55.4 Å². The van der Waals surface area contributed by atoms with Gasteiger partial charge in [-0.15, -0.1) is 5.10 Å². The number of piperazine rings is 1. The molecule has 0 spiro atoms. The summed E-state index contributed by atoms with van der Waals surface area (Å²) in [5.41, 5.74) is 0.758. The Balaban J connectivity index is 1.56. The number of anilines is 1. The van der Waals surface area contributed by atoms with Crippen molar-refractivity contribution in [1.82, 2.24) is 24.5 Å². The number of nitrogens with zero attached hydrogens (tertiary/aromatic N) is 6. The van der Waals surface area contributed by atoms with E-state index in [2.05, 4.69) is 15.1 Å². The van der Waals surface area contributed by atoms with Crippen LogP contribution >= 0.6 is 11.6 Å². The summed E-state index contributed by atoms with van der Waals surface area (Å²) in [5.74, 6) is -0.175. The average Bonchev–Trinajstić information content (AvgIpc) is 3.08. The number of benzene rings is 1. The van der Waals surface area contributed by atoms with Crippen LogP contribution in [0.25, 0.3) is 5.78 Å². The molecule has 2 aromatic heterocycles. The van der Waals surface area contributed by atoms with E-state index in [1.54, 1.807) is 47.6 Å². The minimum atomic E-state index is -0.382. The van der Waals surface area contributed by atoms with Gasteiger partial charge in [-0.25, -0.2) is 9.50 Å². The lowest BCUT2D eigenvalue weighted by atomic mass is 10.1. The van der Waals surface area contributed by atoms with Crippen molar-refractivity contribution in [3.63, 3.8) is 0 Å². The molecule has 8 nitrogen and oxygen atoms in total. The molecular formula is C17H15ClN6O2. The van der Waals surface area contributed by atoms with Gasteiger partial charge in [0.05, 0.1) is 0 Å². The SMILES string of the molecule is CC1CN(c2ccc(Cl)cc2)C(=O)CN1C(=O)c1nc2ncccn2n1. The summed E-state index contributed by atoms with van der Waals surface area (Å²) < 4.78 is 1.43. The quantitative estimate of drug-likeness (QED) is 0.685. The lowest BCUT2D eigenvalue weighted by Gasteiger charge is -2.38. The molecule has 1 aliphatic rings. The van der Waals surface area contributed by atoms with E-state index >= 15 is 0 Å². The molecule has 132 valence electrons. The molecule has 1 saturated heterocycles.